The third-order valence-electron chi connectivity index (χ3n) is 4.10. The minimum Gasteiger partial charge on any atom is -0.386 e. The molecule has 0 radical (unpaired) electrons. The molecule has 0 bridgehead atoms. The first kappa shape index (κ1) is 16.4. The molecule has 0 saturated carbocycles. The summed E-state index contributed by atoms with van der Waals surface area (Å²) in [6.07, 6.45) is 0.0945. The smallest absolute Gasteiger partial charge is 0.212 e. The van der Waals surface area contributed by atoms with Gasteiger partial charge < -0.3 is 9.84 Å². The van der Waals surface area contributed by atoms with Crippen molar-refractivity contribution in [2.24, 2.45) is 0 Å². The lowest BCUT2D eigenvalue weighted by atomic mass is 9.97. The molecule has 1 heterocycles. The molecule has 1 aromatic carbocycles. The van der Waals surface area contributed by atoms with Crippen molar-refractivity contribution < 1.29 is 18.3 Å². The Labute approximate surface area is 126 Å². The first-order valence-electron chi connectivity index (χ1n) is 7.19. The van der Waals surface area contributed by atoms with Crippen LogP contribution < -0.4 is 4.72 Å². The number of hydrogen-bond donors (Lipinski definition) is 2. The SMILES string of the molecule is CC(CS(=O)(=O)NCC1(O)CCOC1C)c1ccccc1. The van der Waals surface area contributed by atoms with Crippen LogP contribution in [0.4, 0.5) is 0 Å². The lowest BCUT2D eigenvalue weighted by Gasteiger charge is -2.26. The zero-order valence-electron chi connectivity index (χ0n) is 12.5. The van der Waals surface area contributed by atoms with Gasteiger partial charge in [0.2, 0.25) is 10.0 Å². The predicted octanol–water partition coefficient (Wildman–Crippen LogP) is 1.25. The van der Waals surface area contributed by atoms with Crippen LogP contribution in [-0.4, -0.2) is 44.1 Å². The van der Waals surface area contributed by atoms with Crippen LogP contribution in [-0.2, 0) is 14.8 Å². The van der Waals surface area contributed by atoms with Crippen LogP contribution in [0.2, 0.25) is 0 Å². The Bertz CT molecular complexity index is 560. The van der Waals surface area contributed by atoms with Crippen LogP contribution in [0.3, 0.4) is 0 Å². The minimum atomic E-state index is -3.44. The molecule has 0 aromatic heterocycles. The van der Waals surface area contributed by atoms with Gasteiger partial charge in [-0.3, -0.25) is 0 Å². The normalized spacial score (nSPS) is 27.7. The molecule has 3 unspecified atom stereocenters. The highest BCUT2D eigenvalue weighted by atomic mass is 32.2. The molecule has 0 aliphatic carbocycles. The van der Waals surface area contributed by atoms with E-state index in [0.717, 1.165) is 5.56 Å². The van der Waals surface area contributed by atoms with E-state index in [-0.39, 0.29) is 24.3 Å². The number of sulfonamides is 1. The highest BCUT2D eigenvalue weighted by molar-refractivity contribution is 7.89. The predicted molar refractivity (Wildman–Crippen MR) is 81.6 cm³/mol. The highest BCUT2D eigenvalue weighted by Crippen LogP contribution is 2.25. The molecular formula is C15H23NO4S. The van der Waals surface area contributed by atoms with Gasteiger partial charge in [0.25, 0.3) is 0 Å². The Hall–Kier alpha value is -0.950. The quantitative estimate of drug-likeness (QED) is 0.829. The minimum absolute atomic E-state index is 0.00197. The van der Waals surface area contributed by atoms with Crippen LogP contribution in [0.25, 0.3) is 0 Å². The maximum atomic E-state index is 12.2. The molecule has 0 amide bonds. The summed E-state index contributed by atoms with van der Waals surface area (Å²) in [5.74, 6) is -0.0990. The maximum Gasteiger partial charge on any atom is 0.212 e. The van der Waals surface area contributed by atoms with Crippen molar-refractivity contribution in [2.75, 3.05) is 18.9 Å². The van der Waals surface area contributed by atoms with Gasteiger partial charge in [-0.1, -0.05) is 37.3 Å². The van der Waals surface area contributed by atoms with Crippen molar-refractivity contribution in [2.45, 2.75) is 37.9 Å². The fourth-order valence-corrected chi connectivity index (χ4v) is 3.94. The fraction of sp³-hybridized carbons (Fsp3) is 0.600. The summed E-state index contributed by atoms with van der Waals surface area (Å²) in [7, 11) is -3.44. The number of hydrogen-bond acceptors (Lipinski definition) is 4. The summed E-state index contributed by atoms with van der Waals surface area (Å²) < 4.78 is 32.1. The zero-order valence-corrected chi connectivity index (χ0v) is 13.3. The van der Waals surface area contributed by atoms with Crippen LogP contribution in [0.5, 0.6) is 0 Å². The van der Waals surface area contributed by atoms with E-state index in [1.165, 1.54) is 0 Å². The van der Waals surface area contributed by atoms with Crippen molar-refractivity contribution in [3.63, 3.8) is 0 Å². The second-order valence-corrected chi connectivity index (χ2v) is 7.63. The zero-order chi connectivity index (χ0) is 15.5. The summed E-state index contributed by atoms with van der Waals surface area (Å²) in [5.41, 5.74) is -0.123. The monoisotopic (exact) mass is 313 g/mol. The molecule has 118 valence electrons. The van der Waals surface area contributed by atoms with Crippen LogP contribution >= 0.6 is 0 Å². The Morgan fingerprint density at radius 3 is 2.67 bits per heavy atom. The van der Waals surface area contributed by atoms with Crippen LogP contribution in [0.15, 0.2) is 30.3 Å². The molecule has 6 heteroatoms. The van der Waals surface area contributed by atoms with Gasteiger partial charge in [0, 0.05) is 19.6 Å². The lowest BCUT2D eigenvalue weighted by Crippen LogP contribution is -2.48. The van der Waals surface area contributed by atoms with Crippen molar-refractivity contribution in [1.29, 1.82) is 0 Å². The van der Waals surface area contributed by atoms with Gasteiger partial charge in [0.1, 0.15) is 5.60 Å². The van der Waals surface area contributed by atoms with Gasteiger partial charge in [-0.25, -0.2) is 13.1 Å². The number of rotatable bonds is 6. The summed E-state index contributed by atoms with van der Waals surface area (Å²) >= 11 is 0. The molecule has 3 atom stereocenters. The van der Waals surface area contributed by atoms with Gasteiger partial charge in [-0.2, -0.15) is 0 Å². The van der Waals surface area contributed by atoms with Gasteiger partial charge in [0.15, 0.2) is 0 Å². The molecule has 2 rings (SSSR count). The van der Waals surface area contributed by atoms with Crippen molar-refractivity contribution in [1.82, 2.24) is 4.72 Å². The van der Waals surface area contributed by atoms with E-state index in [1.54, 1.807) is 6.92 Å². The molecule has 0 spiro atoms. The molecule has 1 aliphatic rings. The molecule has 21 heavy (non-hydrogen) atoms. The first-order valence-corrected chi connectivity index (χ1v) is 8.84. The Morgan fingerprint density at radius 2 is 2.10 bits per heavy atom. The van der Waals surface area contributed by atoms with Crippen molar-refractivity contribution >= 4 is 10.0 Å². The summed E-state index contributed by atoms with van der Waals surface area (Å²) in [5, 5.41) is 10.3. The Morgan fingerprint density at radius 1 is 1.43 bits per heavy atom. The summed E-state index contributed by atoms with van der Waals surface area (Å²) in [6, 6.07) is 9.53. The standard InChI is InChI=1S/C15H23NO4S/c1-12(14-6-4-3-5-7-14)10-21(18,19)16-11-15(17)8-9-20-13(15)2/h3-7,12-13,16-17H,8-11H2,1-2H3. The largest absolute Gasteiger partial charge is 0.386 e. The fourth-order valence-electron chi connectivity index (χ4n) is 2.50. The summed E-state index contributed by atoms with van der Waals surface area (Å²) in [6.45, 7) is 4.09. The van der Waals surface area contributed by atoms with Gasteiger partial charge in [-0.15, -0.1) is 0 Å². The van der Waals surface area contributed by atoms with E-state index in [4.69, 9.17) is 4.74 Å². The lowest BCUT2D eigenvalue weighted by molar-refractivity contribution is -0.0228. The summed E-state index contributed by atoms with van der Waals surface area (Å²) in [4.78, 5) is 0. The maximum absolute atomic E-state index is 12.2. The van der Waals surface area contributed by atoms with E-state index in [0.29, 0.717) is 13.0 Å². The van der Waals surface area contributed by atoms with Gasteiger partial charge in [-0.05, 0) is 18.4 Å². The van der Waals surface area contributed by atoms with E-state index < -0.39 is 15.6 Å². The molecule has 1 saturated heterocycles. The second-order valence-electron chi connectivity index (χ2n) is 5.78. The topological polar surface area (TPSA) is 75.6 Å². The van der Waals surface area contributed by atoms with E-state index in [9.17, 15) is 13.5 Å². The first-order chi connectivity index (χ1) is 9.82. The van der Waals surface area contributed by atoms with Crippen molar-refractivity contribution in [3.8, 4) is 0 Å². The molecule has 2 N–H and O–H groups in total. The molecule has 1 aromatic rings. The van der Waals surface area contributed by atoms with E-state index in [1.807, 2.05) is 37.3 Å². The molecular weight excluding hydrogens is 290 g/mol. The number of nitrogens with one attached hydrogen (secondary N) is 1. The van der Waals surface area contributed by atoms with Gasteiger partial charge >= 0.3 is 0 Å². The van der Waals surface area contributed by atoms with Crippen molar-refractivity contribution in [3.05, 3.63) is 35.9 Å². The Balaban J connectivity index is 1.93. The highest BCUT2D eigenvalue weighted by Gasteiger charge is 2.40. The van der Waals surface area contributed by atoms with Crippen LogP contribution in [0, 0.1) is 0 Å². The van der Waals surface area contributed by atoms with E-state index >= 15 is 0 Å². The van der Waals surface area contributed by atoms with Crippen LogP contribution in [0.1, 0.15) is 31.7 Å². The Kier molecular flexibility index (Phi) is 5.03. The molecule has 5 nitrogen and oxygen atoms in total. The van der Waals surface area contributed by atoms with Gasteiger partial charge in [0.05, 0.1) is 11.9 Å². The second kappa shape index (κ2) is 6.44. The average Bonchev–Trinajstić information content (AvgIpc) is 2.78. The third-order valence-corrected chi connectivity index (χ3v) is 5.62. The number of benzene rings is 1. The average molecular weight is 313 g/mol. The number of ether oxygens (including phenoxy) is 1. The third kappa shape index (κ3) is 4.26. The number of aliphatic hydroxyl groups is 1. The molecule has 1 aliphatic heterocycles. The molecule has 1 fully saturated rings. The van der Waals surface area contributed by atoms with E-state index in [2.05, 4.69) is 4.72 Å².